The van der Waals surface area contributed by atoms with Crippen molar-refractivity contribution in [2.45, 2.75) is 13.8 Å². The lowest BCUT2D eigenvalue weighted by atomic mass is 9.98. The molecule has 0 N–H and O–H groups in total. The van der Waals surface area contributed by atoms with Crippen LogP contribution in [0.2, 0.25) is 0 Å². The van der Waals surface area contributed by atoms with Crippen LogP contribution in [0.4, 0.5) is 34.1 Å². The fourth-order valence-corrected chi connectivity index (χ4v) is 10.4. The van der Waals surface area contributed by atoms with E-state index in [4.69, 9.17) is 8.83 Å². The first kappa shape index (κ1) is 40.9. The Labute approximate surface area is 404 Å². The standard InChI is InChI=1S/C65H43N3O2/c1-41-23-25-47(43-15-7-3-8-16-43)35-58(41)67(52-19-11-5-12-20-52)54-29-27-45-33-56-60(37-49(45)31-54)69-62-39-51(40-66)65-64(63(56)62)57-34-46-28-30-55(32-50(46)38-61(57)70-65)68(53-21-13-6-14-22-53)59-36-48(26-24-42(59)2)44-17-9-4-10-18-44/h3-39H,1-2H3. The Kier molecular flexibility index (Phi) is 9.60. The van der Waals surface area contributed by atoms with E-state index in [0.29, 0.717) is 22.3 Å². The molecule has 2 heterocycles. The average Bonchev–Trinajstić information content (AvgIpc) is 3.96. The van der Waals surface area contributed by atoms with Crippen LogP contribution in [0, 0.1) is 25.2 Å². The third-order valence-electron chi connectivity index (χ3n) is 13.8. The van der Waals surface area contributed by atoms with Gasteiger partial charge in [-0.05, 0) is 154 Å². The summed E-state index contributed by atoms with van der Waals surface area (Å²) in [7, 11) is 0. The summed E-state index contributed by atoms with van der Waals surface area (Å²) in [4.78, 5) is 4.66. The summed E-state index contributed by atoms with van der Waals surface area (Å²) in [5, 5.41) is 18.5. The topological polar surface area (TPSA) is 56.6 Å². The quantitative estimate of drug-likeness (QED) is 0.152. The summed E-state index contributed by atoms with van der Waals surface area (Å²) in [5.41, 5.74) is 16.5. The zero-order valence-corrected chi connectivity index (χ0v) is 38.5. The van der Waals surface area contributed by atoms with Crippen LogP contribution in [0.5, 0.6) is 0 Å². The Balaban J connectivity index is 0.947. The highest BCUT2D eigenvalue weighted by Crippen LogP contribution is 2.46. The molecule has 0 radical (unpaired) electrons. The maximum absolute atomic E-state index is 10.6. The van der Waals surface area contributed by atoms with Gasteiger partial charge in [-0.15, -0.1) is 0 Å². The van der Waals surface area contributed by atoms with Crippen LogP contribution in [-0.4, -0.2) is 0 Å². The van der Waals surface area contributed by atoms with Crippen molar-refractivity contribution in [3.8, 4) is 28.3 Å². The maximum atomic E-state index is 10.6. The van der Waals surface area contributed by atoms with Crippen molar-refractivity contribution in [1.82, 2.24) is 0 Å². The van der Waals surface area contributed by atoms with Crippen LogP contribution in [0.3, 0.4) is 0 Å². The largest absolute Gasteiger partial charge is 0.456 e. The van der Waals surface area contributed by atoms with Crippen LogP contribution in [-0.2, 0) is 0 Å². The first-order valence-electron chi connectivity index (χ1n) is 23.6. The van der Waals surface area contributed by atoms with Gasteiger partial charge in [0.15, 0.2) is 5.58 Å². The first-order chi connectivity index (χ1) is 34.5. The SMILES string of the molecule is Cc1ccc(-c2ccccc2)cc1N(c1ccccc1)c1ccc2cc3c(cc2c1)oc1cc(C#N)c2oc4cc5cc(N(c6ccccc6)c6cc(-c7ccccc7)ccc6C)ccc5cc4c2c13. The number of anilines is 6. The predicted octanol–water partition coefficient (Wildman–Crippen LogP) is 18.6. The van der Waals surface area contributed by atoms with E-state index in [1.165, 1.54) is 22.3 Å². The van der Waals surface area contributed by atoms with E-state index in [2.05, 4.69) is 248 Å². The molecule has 13 aromatic rings. The lowest BCUT2D eigenvalue weighted by Gasteiger charge is -2.28. The van der Waals surface area contributed by atoms with Crippen molar-refractivity contribution in [3.05, 3.63) is 241 Å². The Bertz CT molecular complexity index is 4210. The Morgan fingerprint density at radius 2 is 0.814 bits per heavy atom. The normalized spacial score (nSPS) is 11.6. The lowest BCUT2D eigenvalue weighted by molar-refractivity contribution is 0.662. The van der Waals surface area contributed by atoms with Crippen LogP contribution in [0.25, 0.3) is 87.7 Å². The highest BCUT2D eigenvalue weighted by atomic mass is 16.3. The fourth-order valence-electron chi connectivity index (χ4n) is 10.4. The molecule has 0 aliphatic heterocycles. The van der Waals surface area contributed by atoms with Gasteiger partial charge in [-0.2, -0.15) is 5.26 Å². The molecule has 0 amide bonds. The molecule has 2 aromatic heterocycles. The van der Waals surface area contributed by atoms with Gasteiger partial charge in [-0.25, -0.2) is 0 Å². The molecule has 5 heteroatoms. The van der Waals surface area contributed by atoms with Crippen LogP contribution in [0.1, 0.15) is 16.7 Å². The van der Waals surface area contributed by atoms with Crippen LogP contribution >= 0.6 is 0 Å². The molecule has 5 nitrogen and oxygen atoms in total. The average molecular weight is 898 g/mol. The summed E-state index contributed by atoms with van der Waals surface area (Å²) in [5.74, 6) is 0. The highest BCUT2D eigenvalue weighted by molar-refractivity contribution is 6.28. The minimum absolute atomic E-state index is 0.435. The van der Waals surface area contributed by atoms with E-state index >= 15 is 0 Å². The van der Waals surface area contributed by atoms with Crippen molar-refractivity contribution in [2.75, 3.05) is 9.80 Å². The molecule has 11 aromatic carbocycles. The molecule has 0 fully saturated rings. The number of rotatable bonds is 8. The lowest BCUT2D eigenvalue weighted by Crippen LogP contribution is -2.11. The monoisotopic (exact) mass is 897 g/mol. The van der Waals surface area contributed by atoms with Gasteiger partial charge in [0.2, 0.25) is 0 Å². The number of fused-ring (bicyclic) bond motifs is 9. The number of benzene rings is 11. The summed E-state index contributed by atoms with van der Waals surface area (Å²) >= 11 is 0. The van der Waals surface area contributed by atoms with E-state index in [-0.39, 0.29) is 0 Å². The minimum atomic E-state index is 0.435. The fraction of sp³-hybridized carbons (Fsp3) is 0.0308. The molecular formula is C65H43N3O2. The number of nitriles is 1. The Hall–Kier alpha value is -9.37. The van der Waals surface area contributed by atoms with Gasteiger partial charge in [0.05, 0.1) is 5.56 Å². The second-order valence-corrected chi connectivity index (χ2v) is 18.2. The number of furan rings is 2. The van der Waals surface area contributed by atoms with E-state index in [1.807, 2.05) is 6.07 Å². The van der Waals surface area contributed by atoms with Gasteiger partial charge < -0.3 is 18.6 Å². The molecule has 0 aliphatic rings. The van der Waals surface area contributed by atoms with Crippen LogP contribution < -0.4 is 9.80 Å². The zero-order chi connectivity index (χ0) is 46.9. The second-order valence-electron chi connectivity index (χ2n) is 18.2. The number of hydrogen-bond donors (Lipinski definition) is 0. The molecule has 70 heavy (non-hydrogen) atoms. The summed E-state index contributed by atoms with van der Waals surface area (Å²) in [6.07, 6.45) is 0. The second kappa shape index (κ2) is 16.4. The van der Waals surface area contributed by atoms with Crippen molar-refractivity contribution < 1.29 is 8.83 Å². The Morgan fingerprint density at radius 3 is 1.30 bits per heavy atom. The van der Waals surface area contributed by atoms with Gasteiger partial charge in [0.25, 0.3) is 0 Å². The molecule has 0 saturated carbocycles. The van der Waals surface area contributed by atoms with Gasteiger partial charge in [-0.3, -0.25) is 0 Å². The van der Waals surface area contributed by atoms with E-state index < -0.39 is 0 Å². The molecule has 330 valence electrons. The smallest absolute Gasteiger partial charge is 0.154 e. The molecular weight excluding hydrogens is 855 g/mol. The molecule has 0 atom stereocenters. The first-order valence-corrected chi connectivity index (χ1v) is 23.6. The minimum Gasteiger partial charge on any atom is -0.456 e. The number of hydrogen-bond acceptors (Lipinski definition) is 5. The van der Waals surface area contributed by atoms with E-state index in [1.54, 1.807) is 0 Å². The number of nitrogens with zero attached hydrogens (tertiary/aromatic N) is 3. The molecule has 13 rings (SSSR count). The summed E-state index contributed by atoms with van der Waals surface area (Å²) < 4.78 is 13.5. The van der Waals surface area contributed by atoms with E-state index in [0.717, 1.165) is 93.9 Å². The van der Waals surface area contributed by atoms with Gasteiger partial charge in [0, 0.05) is 61.7 Å². The predicted molar refractivity (Wildman–Crippen MR) is 290 cm³/mol. The molecule has 0 spiro atoms. The Morgan fingerprint density at radius 1 is 0.357 bits per heavy atom. The third kappa shape index (κ3) is 6.85. The molecule has 0 saturated heterocycles. The molecule has 0 aliphatic carbocycles. The van der Waals surface area contributed by atoms with E-state index in [9.17, 15) is 5.26 Å². The highest BCUT2D eigenvalue weighted by Gasteiger charge is 2.23. The van der Waals surface area contributed by atoms with Crippen LogP contribution in [0.15, 0.2) is 233 Å². The maximum Gasteiger partial charge on any atom is 0.154 e. The van der Waals surface area contributed by atoms with Crippen molar-refractivity contribution >= 4 is 99.5 Å². The van der Waals surface area contributed by atoms with Crippen molar-refractivity contribution in [2.24, 2.45) is 0 Å². The van der Waals surface area contributed by atoms with Crippen molar-refractivity contribution in [1.29, 1.82) is 5.26 Å². The molecule has 0 unspecified atom stereocenters. The summed E-state index contributed by atoms with van der Waals surface area (Å²) in [6.45, 7) is 4.34. The number of para-hydroxylation sites is 2. The third-order valence-corrected chi connectivity index (χ3v) is 13.8. The summed E-state index contributed by atoms with van der Waals surface area (Å²) in [6, 6.07) is 81.7. The van der Waals surface area contributed by atoms with Gasteiger partial charge in [0.1, 0.15) is 22.8 Å². The van der Waals surface area contributed by atoms with Crippen molar-refractivity contribution in [3.63, 3.8) is 0 Å². The van der Waals surface area contributed by atoms with Gasteiger partial charge in [-0.1, -0.05) is 133 Å². The zero-order valence-electron chi connectivity index (χ0n) is 38.5. The number of aryl methyl sites for hydroxylation is 2. The van der Waals surface area contributed by atoms with Gasteiger partial charge >= 0.3 is 0 Å². The molecule has 0 bridgehead atoms.